The number of hydrogen-bond donors (Lipinski definition) is 1. The van der Waals surface area contributed by atoms with Gasteiger partial charge in [-0.15, -0.1) is 0 Å². The Labute approximate surface area is 258 Å². The van der Waals surface area contributed by atoms with Crippen molar-refractivity contribution in [2.24, 2.45) is 0 Å². The number of sulfonamides is 1. The van der Waals surface area contributed by atoms with Crippen molar-refractivity contribution in [2.45, 2.75) is 76.4 Å². The molecule has 1 saturated carbocycles. The minimum Gasteiger partial charge on any atom is -0.352 e. The van der Waals surface area contributed by atoms with Crippen LogP contribution in [0.2, 0.25) is 10.0 Å². The van der Waals surface area contributed by atoms with Crippen LogP contribution >= 0.6 is 23.2 Å². The van der Waals surface area contributed by atoms with Crippen LogP contribution < -0.4 is 9.62 Å². The lowest BCUT2D eigenvalue weighted by molar-refractivity contribution is -0.140. The molecule has 42 heavy (non-hydrogen) atoms. The van der Waals surface area contributed by atoms with Gasteiger partial charge in [-0.2, -0.15) is 0 Å². The van der Waals surface area contributed by atoms with Crippen molar-refractivity contribution in [3.8, 4) is 0 Å². The number of halogens is 2. The van der Waals surface area contributed by atoms with E-state index in [9.17, 15) is 18.0 Å². The topological polar surface area (TPSA) is 86.8 Å². The lowest BCUT2D eigenvalue weighted by Crippen LogP contribution is -2.53. The maximum absolute atomic E-state index is 14.3. The quantitative estimate of drug-likeness (QED) is 0.256. The van der Waals surface area contributed by atoms with Gasteiger partial charge in [0.15, 0.2) is 0 Å². The second-order valence-electron chi connectivity index (χ2n) is 10.8. The molecule has 1 fully saturated rings. The molecule has 1 N–H and O–H groups in total. The number of benzene rings is 3. The summed E-state index contributed by atoms with van der Waals surface area (Å²) < 4.78 is 29.3. The van der Waals surface area contributed by atoms with Crippen LogP contribution in [-0.4, -0.2) is 43.8 Å². The van der Waals surface area contributed by atoms with Crippen LogP contribution in [0.25, 0.3) is 0 Å². The molecule has 4 rings (SSSR count). The Bertz CT molecular complexity index is 1520. The van der Waals surface area contributed by atoms with Crippen molar-refractivity contribution in [3.63, 3.8) is 0 Å². The van der Waals surface area contributed by atoms with E-state index < -0.39 is 28.5 Å². The van der Waals surface area contributed by atoms with Gasteiger partial charge >= 0.3 is 0 Å². The second kappa shape index (κ2) is 13.9. The predicted molar refractivity (Wildman–Crippen MR) is 168 cm³/mol. The van der Waals surface area contributed by atoms with Crippen LogP contribution in [0.3, 0.4) is 0 Å². The molecular weight excluding hydrogens is 593 g/mol. The first-order valence-electron chi connectivity index (χ1n) is 14.2. The number of nitrogens with one attached hydrogen (secondary N) is 1. The fourth-order valence-corrected chi connectivity index (χ4v) is 7.13. The molecule has 0 radical (unpaired) electrons. The fourth-order valence-electron chi connectivity index (χ4n) is 5.30. The Hall–Kier alpha value is -3.07. The van der Waals surface area contributed by atoms with Gasteiger partial charge in [0.2, 0.25) is 11.8 Å². The summed E-state index contributed by atoms with van der Waals surface area (Å²) in [6, 6.07) is 17.8. The number of aryl methyl sites for hydroxylation is 2. The van der Waals surface area contributed by atoms with Gasteiger partial charge in [0.05, 0.1) is 10.6 Å². The molecule has 10 heteroatoms. The molecule has 0 spiro atoms. The Morgan fingerprint density at radius 3 is 2.29 bits per heavy atom. The summed E-state index contributed by atoms with van der Waals surface area (Å²) >= 11 is 12.8. The van der Waals surface area contributed by atoms with E-state index in [-0.39, 0.29) is 29.1 Å². The molecule has 1 atom stereocenters. The maximum atomic E-state index is 14.3. The van der Waals surface area contributed by atoms with Gasteiger partial charge in [-0.25, -0.2) is 8.42 Å². The van der Waals surface area contributed by atoms with Gasteiger partial charge in [-0.3, -0.25) is 13.9 Å². The summed E-state index contributed by atoms with van der Waals surface area (Å²) in [6.45, 7) is 4.98. The zero-order valence-corrected chi connectivity index (χ0v) is 26.5. The third-order valence-corrected chi connectivity index (χ3v) is 10.1. The van der Waals surface area contributed by atoms with E-state index >= 15 is 0 Å². The molecule has 1 aliphatic carbocycles. The first kappa shape index (κ1) is 31.9. The summed E-state index contributed by atoms with van der Waals surface area (Å²) in [4.78, 5) is 29.3. The summed E-state index contributed by atoms with van der Waals surface area (Å²) in [5.41, 5.74) is 2.48. The average Bonchev–Trinajstić information content (AvgIpc) is 3.47. The zero-order valence-electron chi connectivity index (χ0n) is 24.1. The van der Waals surface area contributed by atoms with Crippen LogP contribution in [-0.2, 0) is 26.2 Å². The van der Waals surface area contributed by atoms with Crippen molar-refractivity contribution < 1.29 is 18.0 Å². The van der Waals surface area contributed by atoms with Crippen LogP contribution in [0, 0.1) is 13.8 Å². The highest BCUT2D eigenvalue weighted by molar-refractivity contribution is 7.92. The van der Waals surface area contributed by atoms with Gasteiger partial charge in [0.1, 0.15) is 12.6 Å². The van der Waals surface area contributed by atoms with Gasteiger partial charge in [-0.1, -0.05) is 84.9 Å². The number of carbonyl (C=O) groups excluding carboxylic acids is 2. The van der Waals surface area contributed by atoms with E-state index in [0.29, 0.717) is 27.6 Å². The van der Waals surface area contributed by atoms with Crippen molar-refractivity contribution in [1.29, 1.82) is 0 Å². The molecule has 3 aromatic rings. The van der Waals surface area contributed by atoms with E-state index in [1.165, 1.54) is 17.0 Å². The van der Waals surface area contributed by atoms with Gasteiger partial charge in [0, 0.05) is 22.6 Å². The van der Waals surface area contributed by atoms with Crippen molar-refractivity contribution in [1.82, 2.24) is 10.2 Å². The molecule has 0 aliphatic heterocycles. The number of carbonyl (C=O) groups is 2. The molecular formula is C32H37Cl2N3O4S. The molecule has 0 heterocycles. The highest BCUT2D eigenvalue weighted by Gasteiger charge is 2.35. The molecule has 0 bridgehead atoms. The fraction of sp³-hybridized carbons (Fsp3) is 0.375. The number of anilines is 1. The third kappa shape index (κ3) is 7.46. The minimum absolute atomic E-state index is 0.0437. The van der Waals surface area contributed by atoms with Crippen molar-refractivity contribution >= 4 is 50.7 Å². The molecule has 224 valence electrons. The Morgan fingerprint density at radius 2 is 1.64 bits per heavy atom. The lowest BCUT2D eigenvalue weighted by atomic mass is 10.1. The van der Waals surface area contributed by atoms with Crippen LogP contribution in [0.15, 0.2) is 71.6 Å². The Morgan fingerprint density at radius 1 is 0.976 bits per heavy atom. The summed E-state index contributed by atoms with van der Waals surface area (Å²) in [6.07, 6.45) is 4.24. The Kier molecular flexibility index (Phi) is 10.6. The molecule has 1 aliphatic rings. The highest BCUT2D eigenvalue weighted by atomic mass is 35.5. The SMILES string of the molecule is CC[C@@H](C(=O)NC1CCCC1)N(Cc1ccccc1Cl)C(=O)CN(c1cc(Cl)ccc1C)S(=O)(=O)c1ccc(C)cc1. The molecule has 0 aromatic heterocycles. The summed E-state index contributed by atoms with van der Waals surface area (Å²) in [5.74, 6) is -0.782. The van der Waals surface area contributed by atoms with E-state index in [2.05, 4.69) is 5.32 Å². The van der Waals surface area contributed by atoms with Crippen molar-refractivity contribution in [2.75, 3.05) is 10.8 Å². The largest absolute Gasteiger partial charge is 0.352 e. The van der Waals surface area contributed by atoms with Gasteiger partial charge < -0.3 is 10.2 Å². The maximum Gasteiger partial charge on any atom is 0.264 e. The molecule has 3 aromatic carbocycles. The Balaban J connectivity index is 1.75. The zero-order chi connectivity index (χ0) is 30.4. The van der Waals surface area contributed by atoms with Gasteiger partial charge in [0.25, 0.3) is 10.0 Å². The van der Waals surface area contributed by atoms with E-state index in [0.717, 1.165) is 35.6 Å². The number of rotatable bonds is 11. The van der Waals surface area contributed by atoms with E-state index in [1.54, 1.807) is 55.5 Å². The minimum atomic E-state index is -4.19. The predicted octanol–water partition coefficient (Wildman–Crippen LogP) is 6.67. The first-order chi connectivity index (χ1) is 20.0. The van der Waals surface area contributed by atoms with Crippen LogP contribution in [0.1, 0.15) is 55.7 Å². The molecule has 7 nitrogen and oxygen atoms in total. The van der Waals surface area contributed by atoms with Crippen LogP contribution in [0.4, 0.5) is 5.69 Å². The van der Waals surface area contributed by atoms with E-state index in [1.807, 2.05) is 19.9 Å². The monoisotopic (exact) mass is 629 g/mol. The first-order valence-corrected chi connectivity index (χ1v) is 16.4. The molecule has 0 unspecified atom stereocenters. The highest BCUT2D eigenvalue weighted by Crippen LogP contribution is 2.30. The number of hydrogen-bond acceptors (Lipinski definition) is 4. The van der Waals surface area contributed by atoms with E-state index in [4.69, 9.17) is 23.2 Å². The van der Waals surface area contributed by atoms with Gasteiger partial charge in [-0.05, 0) is 74.6 Å². The normalized spacial score (nSPS) is 14.4. The molecule has 0 saturated heterocycles. The lowest BCUT2D eigenvalue weighted by Gasteiger charge is -2.34. The summed E-state index contributed by atoms with van der Waals surface area (Å²) in [7, 11) is -4.19. The standard InChI is InChI=1S/C32H37Cl2N3O4S/c1-4-29(32(39)35-26-10-6-7-11-26)36(20-24-9-5-8-12-28(24)34)31(38)21-37(30-19-25(33)16-15-23(30)3)42(40,41)27-17-13-22(2)14-18-27/h5,8-9,12-19,26,29H,4,6-7,10-11,20-21H2,1-3H3,(H,35,39)/t29-/m0/s1. The molecule has 2 amide bonds. The summed E-state index contributed by atoms with van der Waals surface area (Å²) in [5, 5.41) is 3.90. The third-order valence-electron chi connectivity index (χ3n) is 7.71. The number of nitrogens with zero attached hydrogens (tertiary/aromatic N) is 2. The van der Waals surface area contributed by atoms with Crippen LogP contribution in [0.5, 0.6) is 0 Å². The van der Waals surface area contributed by atoms with Crippen molar-refractivity contribution in [3.05, 3.63) is 93.5 Å². The smallest absolute Gasteiger partial charge is 0.264 e. The average molecular weight is 631 g/mol. The second-order valence-corrected chi connectivity index (χ2v) is 13.5. The number of amides is 2.